The maximum absolute atomic E-state index is 13.8. The summed E-state index contributed by atoms with van der Waals surface area (Å²) < 4.78 is 19.7. The van der Waals surface area contributed by atoms with E-state index < -0.39 is 11.8 Å². The summed E-state index contributed by atoms with van der Waals surface area (Å²) >= 11 is 0. The van der Waals surface area contributed by atoms with Crippen LogP contribution in [0.15, 0.2) is 24.3 Å². The van der Waals surface area contributed by atoms with Crippen molar-refractivity contribution in [3.05, 3.63) is 35.6 Å². The van der Waals surface area contributed by atoms with Gasteiger partial charge in [0.2, 0.25) is 0 Å². The number of benzene rings is 1. The SMILES string of the molecule is CCNc1nn(-c2ccccc2F)c(N)c1C(=O)OC. The predicted molar refractivity (Wildman–Crippen MR) is 73.4 cm³/mol. The lowest BCUT2D eigenvalue weighted by molar-refractivity contribution is 0.0603. The molecular weight excluding hydrogens is 263 g/mol. The molecule has 7 heteroatoms. The number of nitrogens with two attached hydrogens (primary N) is 1. The Labute approximate surface area is 115 Å². The minimum absolute atomic E-state index is 0.0258. The first kappa shape index (κ1) is 13.9. The van der Waals surface area contributed by atoms with Gasteiger partial charge in [-0.15, -0.1) is 5.10 Å². The van der Waals surface area contributed by atoms with Crippen molar-refractivity contribution in [2.24, 2.45) is 0 Å². The summed E-state index contributed by atoms with van der Waals surface area (Å²) in [5.41, 5.74) is 6.17. The van der Waals surface area contributed by atoms with E-state index >= 15 is 0 Å². The number of carbonyl (C=O) groups excluding carboxylic acids is 1. The van der Waals surface area contributed by atoms with Crippen molar-refractivity contribution >= 4 is 17.6 Å². The average molecular weight is 278 g/mol. The second-order valence-corrected chi connectivity index (χ2v) is 3.99. The molecule has 3 N–H and O–H groups in total. The largest absolute Gasteiger partial charge is 0.465 e. The third-order valence-electron chi connectivity index (χ3n) is 2.74. The van der Waals surface area contributed by atoms with Crippen LogP contribution < -0.4 is 11.1 Å². The van der Waals surface area contributed by atoms with Gasteiger partial charge in [-0.3, -0.25) is 0 Å². The van der Waals surface area contributed by atoms with Gasteiger partial charge in [0.05, 0.1) is 7.11 Å². The van der Waals surface area contributed by atoms with Gasteiger partial charge in [0.1, 0.15) is 22.9 Å². The predicted octanol–water partition coefficient (Wildman–Crippen LogP) is 1.81. The molecule has 20 heavy (non-hydrogen) atoms. The minimum atomic E-state index is -0.624. The van der Waals surface area contributed by atoms with Crippen LogP contribution in [0.2, 0.25) is 0 Å². The van der Waals surface area contributed by atoms with Crippen molar-refractivity contribution in [1.82, 2.24) is 9.78 Å². The molecule has 0 spiro atoms. The van der Waals surface area contributed by atoms with Gasteiger partial charge < -0.3 is 15.8 Å². The van der Waals surface area contributed by atoms with E-state index in [1.165, 1.54) is 23.9 Å². The third kappa shape index (κ3) is 2.29. The zero-order valence-electron chi connectivity index (χ0n) is 11.2. The quantitative estimate of drug-likeness (QED) is 0.833. The topological polar surface area (TPSA) is 82.2 Å². The number of methoxy groups -OCH3 is 1. The van der Waals surface area contributed by atoms with Crippen molar-refractivity contribution < 1.29 is 13.9 Å². The van der Waals surface area contributed by atoms with E-state index in [1.807, 2.05) is 6.92 Å². The fourth-order valence-corrected chi connectivity index (χ4v) is 1.83. The van der Waals surface area contributed by atoms with Crippen LogP contribution in [0.1, 0.15) is 17.3 Å². The van der Waals surface area contributed by atoms with Gasteiger partial charge in [-0.05, 0) is 19.1 Å². The number of aromatic nitrogens is 2. The van der Waals surface area contributed by atoms with Crippen molar-refractivity contribution in [3.63, 3.8) is 0 Å². The first-order chi connectivity index (χ1) is 9.60. The number of nitrogens with one attached hydrogen (secondary N) is 1. The summed E-state index contributed by atoms with van der Waals surface area (Å²) in [7, 11) is 1.25. The molecule has 1 aromatic carbocycles. The molecular formula is C13H15FN4O2. The van der Waals surface area contributed by atoms with E-state index in [4.69, 9.17) is 5.73 Å². The molecule has 0 aliphatic rings. The van der Waals surface area contributed by atoms with Gasteiger partial charge in [-0.1, -0.05) is 12.1 Å². The lowest BCUT2D eigenvalue weighted by atomic mass is 10.2. The summed E-state index contributed by atoms with van der Waals surface area (Å²) in [4.78, 5) is 11.8. The number of esters is 1. The lowest BCUT2D eigenvalue weighted by Crippen LogP contribution is -2.09. The summed E-state index contributed by atoms with van der Waals surface area (Å²) in [5, 5.41) is 7.05. The highest BCUT2D eigenvalue weighted by Crippen LogP contribution is 2.26. The molecule has 0 atom stereocenters. The van der Waals surface area contributed by atoms with E-state index in [0.717, 1.165) is 0 Å². The first-order valence-electron chi connectivity index (χ1n) is 6.05. The monoisotopic (exact) mass is 278 g/mol. The van der Waals surface area contributed by atoms with Gasteiger partial charge in [0, 0.05) is 6.54 Å². The Kier molecular flexibility index (Phi) is 3.88. The maximum Gasteiger partial charge on any atom is 0.345 e. The minimum Gasteiger partial charge on any atom is -0.465 e. The smallest absolute Gasteiger partial charge is 0.345 e. The molecule has 0 radical (unpaired) electrons. The van der Waals surface area contributed by atoms with Gasteiger partial charge in [0.25, 0.3) is 0 Å². The normalized spacial score (nSPS) is 10.3. The molecule has 2 aromatic rings. The fourth-order valence-electron chi connectivity index (χ4n) is 1.83. The number of hydrogen-bond donors (Lipinski definition) is 2. The van der Waals surface area contributed by atoms with Crippen molar-refractivity contribution in [1.29, 1.82) is 0 Å². The maximum atomic E-state index is 13.8. The Morgan fingerprint density at radius 2 is 2.20 bits per heavy atom. The Bertz CT molecular complexity index is 639. The Hall–Kier alpha value is -2.57. The number of halogens is 1. The standard InChI is InChI=1S/C13H15FN4O2/c1-3-16-12-10(13(19)20-2)11(15)18(17-12)9-7-5-4-6-8(9)14/h4-7H,3,15H2,1-2H3,(H,16,17). The number of nitrogens with zero attached hydrogens (tertiary/aromatic N) is 2. The van der Waals surface area contributed by atoms with Crippen LogP contribution in [-0.2, 0) is 4.74 Å². The zero-order valence-corrected chi connectivity index (χ0v) is 11.2. The first-order valence-corrected chi connectivity index (χ1v) is 6.05. The van der Waals surface area contributed by atoms with Crippen LogP contribution in [0, 0.1) is 5.82 Å². The Morgan fingerprint density at radius 3 is 2.80 bits per heavy atom. The summed E-state index contributed by atoms with van der Waals surface area (Å²) in [6.07, 6.45) is 0. The lowest BCUT2D eigenvalue weighted by Gasteiger charge is -2.05. The number of nitrogen functional groups attached to an aromatic ring is 1. The van der Waals surface area contributed by atoms with E-state index in [0.29, 0.717) is 6.54 Å². The van der Waals surface area contributed by atoms with Gasteiger partial charge >= 0.3 is 5.97 Å². The van der Waals surface area contributed by atoms with Gasteiger partial charge in [-0.2, -0.15) is 0 Å². The van der Waals surface area contributed by atoms with Crippen molar-refractivity contribution in [3.8, 4) is 5.69 Å². The summed E-state index contributed by atoms with van der Waals surface area (Å²) in [5.74, 6) is -0.819. The Balaban J connectivity index is 2.61. The van der Waals surface area contributed by atoms with Crippen molar-refractivity contribution in [2.75, 3.05) is 24.7 Å². The molecule has 106 valence electrons. The van der Waals surface area contributed by atoms with Crippen LogP contribution >= 0.6 is 0 Å². The molecule has 0 aliphatic heterocycles. The van der Waals surface area contributed by atoms with Crippen LogP contribution in [0.4, 0.5) is 16.0 Å². The number of rotatable bonds is 4. The number of hydrogen-bond acceptors (Lipinski definition) is 5. The van der Waals surface area contributed by atoms with Gasteiger partial charge in [-0.25, -0.2) is 13.9 Å². The zero-order chi connectivity index (χ0) is 14.7. The van der Waals surface area contributed by atoms with E-state index in [2.05, 4.69) is 15.2 Å². The van der Waals surface area contributed by atoms with Crippen molar-refractivity contribution in [2.45, 2.75) is 6.92 Å². The van der Waals surface area contributed by atoms with Crippen LogP contribution in [-0.4, -0.2) is 29.4 Å². The molecule has 1 heterocycles. The number of carbonyl (C=O) groups is 1. The third-order valence-corrected chi connectivity index (χ3v) is 2.74. The number of para-hydroxylation sites is 1. The highest BCUT2D eigenvalue weighted by Gasteiger charge is 2.24. The molecule has 0 aliphatic carbocycles. The van der Waals surface area contributed by atoms with Gasteiger partial charge in [0.15, 0.2) is 5.82 Å². The number of anilines is 2. The second-order valence-electron chi connectivity index (χ2n) is 3.99. The average Bonchev–Trinajstić information content (AvgIpc) is 2.76. The van der Waals surface area contributed by atoms with E-state index in [-0.39, 0.29) is 22.9 Å². The van der Waals surface area contributed by atoms with Crippen LogP contribution in [0.3, 0.4) is 0 Å². The highest BCUT2D eigenvalue weighted by molar-refractivity contribution is 5.99. The summed E-state index contributed by atoms with van der Waals surface area (Å²) in [6, 6.07) is 6.03. The summed E-state index contributed by atoms with van der Waals surface area (Å²) in [6.45, 7) is 2.39. The molecule has 0 bridgehead atoms. The van der Waals surface area contributed by atoms with Crippen LogP contribution in [0.25, 0.3) is 5.69 Å². The fraction of sp³-hybridized carbons (Fsp3) is 0.231. The Morgan fingerprint density at radius 1 is 1.50 bits per heavy atom. The van der Waals surface area contributed by atoms with E-state index in [9.17, 15) is 9.18 Å². The molecule has 2 rings (SSSR count). The molecule has 0 amide bonds. The second kappa shape index (κ2) is 5.60. The molecule has 0 unspecified atom stereocenters. The molecule has 0 saturated heterocycles. The highest BCUT2D eigenvalue weighted by atomic mass is 19.1. The molecule has 1 aromatic heterocycles. The number of ether oxygens (including phenoxy) is 1. The molecule has 0 fully saturated rings. The molecule has 6 nitrogen and oxygen atoms in total. The molecule has 0 saturated carbocycles. The van der Waals surface area contributed by atoms with Crippen LogP contribution in [0.5, 0.6) is 0 Å². The van der Waals surface area contributed by atoms with E-state index in [1.54, 1.807) is 12.1 Å².